The topological polar surface area (TPSA) is 79.8 Å². The van der Waals surface area contributed by atoms with Crippen LogP contribution in [0.3, 0.4) is 0 Å². The third-order valence-electron chi connectivity index (χ3n) is 3.81. The van der Waals surface area contributed by atoms with Gasteiger partial charge in [0.25, 0.3) is 0 Å². The Balaban J connectivity index is 1.65. The van der Waals surface area contributed by atoms with Gasteiger partial charge in [0.1, 0.15) is 17.9 Å². The molecule has 7 heteroatoms. The lowest BCUT2D eigenvalue weighted by Gasteiger charge is -2.33. The molecule has 1 atom stereocenters. The smallest absolute Gasteiger partial charge is 0.182 e. The predicted octanol–water partition coefficient (Wildman–Crippen LogP) is 1.63. The van der Waals surface area contributed by atoms with E-state index in [1.807, 2.05) is 25.1 Å². The third-order valence-corrected chi connectivity index (χ3v) is 3.81. The van der Waals surface area contributed by atoms with Crippen molar-refractivity contribution in [2.75, 3.05) is 24.6 Å². The van der Waals surface area contributed by atoms with E-state index in [2.05, 4.69) is 29.8 Å². The van der Waals surface area contributed by atoms with Gasteiger partial charge in [-0.3, -0.25) is 4.98 Å². The van der Waals surface area contributed by atoms with E-state index in [-0.39, 0.29) is 6.10 Å². The number of imidazole rings is 1. The Morgan fingerprint density at radius 1 is 1.27 bits per heavy atom. The molecular formula is C15H16N6O. The van der Waals surface area contributed by atoms with Crippen LogP contribution in [0.15, 0.2) is 30.9 Å². The van der Waals surface area contributed by atoms with Crippen molar-refractivity contribution < 1.29 is 4.74 Å². The standard InChI is InChI=1S/C15H16N6O/c1-10-3-2-4-11(20-10)12-7-21(5-6-22-12)15-13-14(17-8-16-13)18-9-19-15/h2-4,8-9,12H,5-7H2,1H3,(H,16,17,18,19). The molecule has 1 fully saturated rings. The molecule has 0 aromatic carbocycles. The number of hydrogen-bond acceptors (Lipinski definition) is 6. The Hall–Kier alpha value is -2.54. The highest BCUT2D eigenvalue weighted by molar-refractivity contribution is 5.82. The Morgan fingerprint density at radius 2 is 2.23 bits per heavy atom. The van der Waals surface area contributed by atoms with Crippen molar-refractivity contribution in [3.8, 4) is 0 Å². The number of nitrogens with zero attached hydrogens (tertiary/aromatic N) is 5. The first kappa shape index (κ1) is 13.1. The summed E-state index contributed by atoms with van der Waals surface area (Å²) in [5.41, 5.74) is 3.50. The zero-order chi connectivity index (χ0) is 14.9. The molecule has 0 bridgehead atoms. The normalized spacial score (nSPS) is 18.8. The molecule has 1 aliphatic rings. The van der Waals surface area contributed by atoms with Gasteiger partial charge in [-0.25, -0.2) is 15.0 Å². The fourth-order valence-corrected chi connectivity index (χ4v) is 2.76. The number of hydrogen-bond donors (Lipinski definition) is 1. The van der Waals surface area contributed by atoms with Crippen LogP contribution in [0.5, 0.6) is 0 Å². The van der Waals surface area contributed by atoms with E-state index in [1.54, 1.807) is 12.7 Å². The molecule has 1 unspecified atom stereocenters. The number of aromatic nitrogens is 5. The van der Waals surface area contributed by atoms with E-state index >= 15 is 0 Å². The van der Waals surface area contributed by atoms with Crippen LogP contribution in [0.1, 0.15) is 17.5 Å². The summed E-state index contributed by atoms with van der Waals surface area (Å²) >= 11 is 0. The molecule has 1 aliphatic heterocycles. The first-order valence-corrected chi connectivity index (χ1v) is 7.25. The maximum absolute atomic E-state index is 5.89. The van der Waals surface area contributed by atoms with Gasteiger partial charge in [-0.1, -0.05) is 6.07 Å². The second-order valence-electron chi connectivity index (χ2n) is 5.31. The Labute approximate surface area is 127 Å². The number of ether oxygens (including phenoxy) is 1. The molecule has 4 rings (SSSR count). The van der Waals surface area contributed by atoms with Crippen molar-refractivity contribution >= 4 is 17.0 Å². The minimum absolute atomic E-state index is 0.0541. The van der Waals surface area contributed by atoms with E-state index in [0.717, 1.165) is 29.3 Å². The number of rotatable bonds is 2. The zero-order valence-electron chi connectivity index (χ0n) is 12.2. The first-order chi connectivity index (χ1) is 10.8. The summed E-state index contributed by atoms with van der Waals surface area (Å²) in [5.74, 6) is 0.864. The second-order valence-corrected chi connectivity index (χ2v) is 5.31. The van der Waals surface area contributed by atoms with Gasteiger partial charge in [-0.15, -0.1) is 0 Å². The number of aryl methyl sites for hydroxylation is 1. The van der Waals surface area contributed by atoms with Crippen LogP contribution in [0.2, 0.25) is 0 Å². The third kappa shape index (κ3) is 2.29. The zero-order valence-corrected chi connectivity index (χ0v) is 12.2. The minimum atomic E-state index is -0.0541. The van der Waals surface area contributed by atoms with Gasteiger partial charge in [0.05, 0.1) is 25.2 Å². The molecule has 1 N–H and O–H groups in total. The molecule has 0 radical (unpaired) electrons. The number of H-pyrrole nitrogens is 1. The Morgan fingerprint density at radius 3 is 3.14 bits per heavy atom. The van der Waals surface area contributed by atoms with Crippen LogP contribution in [0, 0.1) is 6.92 Å². The molecule has 0 amide bonds. The molecule has 112 valence electrons. The van der Waals surface area contributed by atoms with Crippen LogP contribution in [-0.4, -0.2) is 44.6 Å². The SMILES string of the molecule is Cc1cccc(C2CN(c3ncnc4nc[nH]c34)CCO2)n1. The predicted molar refractivity (Wildman–Crippen MR) is 81.6 cm³/mol. The van der Waals surface area contributed by atoms with E-state index in [0.29, 0.717) is 18.8 Å². The molecular weight excluding hydrogens is 280 g/mol. The summed E-state index contributed by atoms with van der Waals surface area (Å²) in [6, 6.07) is 6.01. The Kier molecular flexibility index (Phi) is 3.19. The summed E-state index contributed by atoms with van der Waals surface area (Å²) in [6.45, 7) is 4.12. The summed E-state index contributed by atoms with van der Waals surface area (Å²) < 4.78 is 5.89. The molecule has 4 heterocycles. The van der Waals surface area contributed by atoms with Gasteiger partial charge >= 0.3 is 0 Å². The van der Waals surface area contributed by atoms with Crippen molar-refractivity contribution in [2.45, 2.75) is 13.0 Å². The van der Waals surface area contributed by atoms with Crippen LogP contribution < -0.4 is 4.90 Å². The quantitative estimate of drug-likeness (QED) is 0.774. The molecule has 3 aromatic heterocycles. The molecule has 22 heavy (non-hydrogen) atoms. The summed E-state index contributed by atoms with van der Waals surface area (Å²) in [4.78, 5) is 22.6. The minimum Gasteiger partial charge on any atom is -0.368 e. The largest absolute Gasteiger partial charge is 0.368 e. The fraction of sp³-hybridized carbons (Fsp3) is 0.333. The van der Waals surface area contributed by atoms with Gasteiger partial charge in [0, 0.05) is 12.2 Å². The summed E-state index contributed by atoms with van der Waals surface area (Å²) in [6.07, 6.45) is 3.14. The maximum atomic E-state index is 5.89. The summed E-state index contributed by atoms with van der Waals surface area (Å²) in [5, 5.41) is 0. The number of aromatic amines is 1. The van der Waals surface area contributed by atoms with Crippen LogP contribution in [0.25, 0.3) is 11.2 Å². The number of fused-ring (bicyclic) bond motifs is 1. The number of anilines is 1. The van der Waals surface area contributed by atoms with Crippen LogP contribution in [0.4, 0.5) is 5.82 Å². The summed E-state index contributed by atoms with van der Waals surface area (Å²) in [7, 11) is 0. The van der Waals surface area contributed by atoms with Gasteiger partial charge < -0.3 is 14.6 Å². The van der Waals surface area contributed by atoms with Crippen molar-refractivity contribution in [3.05, 3.63) is 42.2 Å². The molecule has 3 aromatic rings. The number of pyridine rings is 1. The van der Waals surface area contributed by atoms with E-state index in [4.69, 9.17) is 4.74 Å². The monoisotopic (exact) mass is 296 g/mol. The van der Waals surface area contributed by atoms with Gasteiger partial charge in [-0.2, -0.15) is 0 Å². The van der Waals surface area contributed by atoms with Crippen molar-refractivity contribution in [2.24, 2.45) is 0 Å². The van der Waals surface area contributed by atoms with Gasteiger partial charge in [-0.05, 0) is 19.1 Å². The number of nitrogens with one attached hydrogen (secondary N) is 1. The highest BCUT2D eigenvalue weighted by Gasteiger charge is 2.25. The van der Waals surface area contributed by atoms with Crippen molar-refractivity contribution in [1.29, 1.82) is 0 Å². The molecule has 0 spiro atoms. The molecule has 0 saturated carbocycles. The van der Waals surface area contributed by atoms with Crippen molar-refractivity contribution in [1.82, 2.24) is 24.9 Å². The lowest BCUT2D eigenvalue weighted by Crippen LogP contribution is -2.39. The van der Waals surface area contributed by atoms with Gasteiger partial charge in [0.2, 0.25) is 0 Å². The second kappa shape index (κ2) is 5.34. The molecule has 7 nitrogen and oxygen atoms in total. The van der Waals surface area contributed by atoms with Crippen molar-refractivity contribution in [3.63, 3.8) is 0 Å². The average molecular weight is 296 g/mol. The van der Waals surface area contributed by atoms with Crippen LogP contribution in [-0.2, 0) is 4.74 Å². The van der Waals surface area contributed by atoms with E-state index in [9.17, 15) is 0 Å². The molecule has 0 aliphatic carbocycles. The highest BCUT2D eigenvalue weighted by atomic mass is 16.5. The van der Waals surface area contributed by atoms with Crippen LogP contribution >= 0.6 is 0 Å². The maximum Gasteiger partial charge on any atom is 0.182 e. The molecule has 1 saturated heterocycles. The lowest BCUT2D eigenvalue weighted by molar-refractivity contribution is 0.0368. The lowest BCUT2D eigenvalue weighted by atomic mass is 10.1. The highest BCUT2D eigenvalue weighted by Crippen LogP contribution is 2.26. The number of morpholine rings is 1. The average Bonchev–Trinajstić information content (AvgIpc) is 3.03. The Bertz CT molecular complexity index is 801. The fourth-order valence-electron chi connectivity index (χ4n) is 2.76. The van der Waals surface area contributed by atoms with Gasteiger partial charge in [0.15, 0.2) is 11.5 Å². The van der Waals surface area contributed by atoms with E-state index < -0.39 is 0 Å². The first-order valence-electron chi connectivity index (χ1n) is 7.25. The van der Waals surface area contributed by atoms with E-state index in [1.165, 1.54) is 0 Å².